The summed E-state index contributed by atoms with van der Waals surface area (Å²) >= 11 is 0. The molecule has 1 unspecified atom stereocenters. The molecule has 1 atom stereocenters. The van der Waals surface area contributed by atoms with Crippen molar-refractivity contribution < 1.29 is 4.39 Å². The van der Waals surface area contributed by atoms with Gasteiger partial charge in [-0.2, -0.15) is 0 Å². The first-order chi connectivity index (χ1) is 6.65. The monoisotopic (exact) mass is 193 g/mol. The molecule has 1 aromatic carbocycles. The summed E-state index contributed by atoms with van der Waals surface area (Å²) in [6, 6.07) is 6.78. The van der Waals surface area contributed by atoms with Crippen molar-refractivity contribution in [2.75, 3.05) is 6.54 Å². The number of benzene rings is 1. The molecular formula is C12H16FN. The van der Waals surface area contributed by atoms with Gasteiger partial charge >= 0.3 is 0 Å². The molecule has 76 valence electrons. The zero-order chi connectivity index (χ0) is 10.6. The fourth-order valence-electron chi connectivity index (χ4n) is 1.55. The van der Waals surface area contributed by atoms with E-state index >= 15 is 0 Å². The molecular weight excluding hydrogens is 177 g/mol. The molecule has 0 aliphatic rings. The third-order valence-electron chi connectivity index (χ3n) is 2.22. The van der Waals surface area contributed by atoms with Gasteiger partial charge in [-0.25, -0.2) is 4.39 Å². The van der Waals surface area contributed by atoms with Gasteiger partial charge in [0.05, 0.1) is 0 Å². The van der Waals surface area contributed by atoms with E-state index in [9.17, 15) is 4.39 Å². The average molecular weight is 193 g/mol. The Morgan fingerprint density at radius 3 is 2.64 bits per heavy atom. The van der Waals surface area contributed by atoms with Gasteiger partial charge in [0.2, 0.25) is 0 Å². The zero-order valence-corrected chi connectivity index (χ0v) is 8.46. The Morgan fingerprint density at radius 1 is 1.50 bits per heavy atom. The summed E-state index contributed by atoms with van der Waals surface area (Å²) in [4.78, 5) is 0. The minimum atomic E-state index is -0.177. The van der Waals surface area contributed by atoms with E-state index in [1.807, 2.05) is 13.0 Å². The van der Waals surface area contributed by atoms with Crippen LogP contribution in [0.3, 0.4) is 0 Å². The van der Waals surface area contributed by atoms with Gasteiger partial charge in [-0.15, -0.1) is 6.58 Å². The molecule has 2 heteroatoms. The highest BCUT2D eigenvalue weighted by atomic mass is 19.1. The van der Waals surface area contributed by atoms with E-state index in [4.69, 9.17) is 5.73 Å². The maximum absolute atomic E-state index is 13.4. The summed E-state index contributed by atoms with van der Waals surface area (Å²) in [5.41, 5.74) is 7.34. The van der Waals surface area contributed by atoms with E-state index < -0.39 is 0 Å². The van der Waals surface area contributed by atoms with Crippen molar-refractivity contribution in [2.45, 2.75) is 19.3 Å². The molecule has 0 fully saturated rings. The Morgan fingerprint density at radius 2 is 2.14 bits per heavy atom. The van der Waals surface area contributed by atoms with E-state index in [1.165, 1.54) is 6.07 Å². The van der Waals surface area contributed by atoms with Gasteiger partial charge in [0.1, 0.15) is 5.82 Å². The van der Waals surface area contributed by atoms with Crippen LogP contribution in [0.25, 0.3) is 0 Å². The molecule has 1 rings (SSSR count). The minimum Gasteiger partial charge on any atom is -0.330 e. The zero-order valence-electron chi connectivity index (χ0n) is 8.46. The van der Waals surface area contributed by atoms with Crippen molar-refractivity contribution in [1.29, 1.82) is 0 Å². The lowest BCUT2D eigenvalue weighted by atomic mass is 9.92. The Kier molecular flexibility index (Phi) is 3.84. The predicted octanol–water partition coefficient (Wildman–Crippen LogP) is 2.83. The number of nitrogens with two attached hydrogens (primary N) is 1. The standard InChI is InChI=1S/C12H16FN/c1-9(2)7-10(8-14)11-5-3-4-6-12(11)13/h3-6,10H,1,7-8,14H2,2H3. The van der Waals surface area contributed by atoms with Crippen LogP contribution in [0.5, 0.6) is 0 Å². The second-order valence-electron chi connectivity index (χ2n) is 3.62. The normalized spacial score (nSPS) is 12.5. The van der Waals surface area contributed by atoms with Gasteiger partial charge in [-0.3, -0.25) is 0 Å². The van der Waals surface area contributed by atoms with Crippen molar-refractivity contribution in [3.8, 4) is 0 Å². The highest BCUT2D eigenvalue weighted by molar-refractivity contribution is 5.23. The predicted molar refractivity (Wildman–Crippen MR) is 57.6 cm³/mol. The van der Waals surface area contributed by atoms with Gasteiger partial charge in [0.25, 0.3) is 0 Å². The van der Waals surface area contributed by atoms with Crippen LogP contribution in [0.1, 0.15) is 24.8 Å². The van der Waals surface area contributed by atoms with Gasteiger partial charge in [-0.05, 0) is 31.5 Å². The Hall–Kier alpha value is -1.15. The lowest BCUT2D eigenvalue weighted by Crippen LogP contribution is -2.14. The first kappa shape index (κ1) is 10.9. The van der Waals surface area contributed by atoms with Crippen LogP contribution in [-0.2, 0) is 0 Å². The summed E-state index contributed by atoms with van der Waals surface area (Å²) in [6.07, 6.45) is 0.747. The van der Waals surface area contributed by atoms with Gasteiger partial charge in [0, 0.05) is 5.92 Å². The first-order valence-electron chi connectivity index (χ1n) is 4.74. The summed E-state index contributed by atoms with van der Waals surface area (Å²) in [5, 5.41) is 0. The quantitative estimate of drug-likeness (QED) is 0.731. The van der Waals surface area contributed by atoms with E-state index in [0.29, 0.717) is 12.1 Å². The molecule has 0 radical (unpaired) electrons. The van der Waals surface area contributed by atoms with Crippen molar-refractivity contribution in [2.24, 2.45) is 5.73 Å². The van der Waals surface area contributed by atoms with Crippen LogP contribution in [-0.4, -0.2) is 6.54 Å². The molecule has 0 spiro atoms. The number of allylic oxidation sites excluding steroid dienone is 1. The topological polar surface area (TPSA) is 26.0 Å². The molecule has 0 saturated heterocycles. The van der Waals surface area contributed by atoms with Gasteiger partial charge in [-0.1, -0.05) is 23.8 Å². The number of hydrogen-bond donors (Lipinski definition) is 1. The summed E-state index contributed by atoms with van der Waals surface area (Å²) < 4.78 is 13.4. The Labute approximate surface area is 84.4 Å². The van der Waals surface area contributed by atoms with Crippen LogP contribution in [0.15, 0.2) is 36.4 Å². The lowest BCUT2D eigenvalue weighted by molar-refractivity contribution is 0.575. The van der Waals surface area contributed by atoms with Crippen molar-refractivity contribution >= 4 is 0 Å². The average Bonchev–Trinajstić information content (AvgIpc) is 2.15. The molecule has 0 aliphatic heterocycles. The fourth-order valence-corrected chi connectivity index (χ4v) is 1.55. The maximum Gasteiger partial charge on any atom is 0.126 e. The van der Waals surface area contributed by atoms with Crippen LogP contribution in [0.2, 0.25) is 0 Å². The van der Waals surface area contributed by atoms with Gasteiger partial charge < -0.3 is 5.73 Å². The molecule has 1 aromatic rings. The SMILES string of the molecule is C=C(C)CC(CN)c1ccccc1F. The molecule has 14 heavy (non-hydrogen) atoms. The van der Waals surface area contributed by atoms with Crippen molar-refractivity contribution in [3.05, 3.63) is 47.8 Å². The van der Waals surface area contributed by atoms with E-state index in [0.717, 1.165) is 12.0 Å². The third kappa shape index (κ3) is 2.67. The van der Waals surface area contributed by atoms with Crippen molar-refractivity contribution in [1.82, 2.24) is 0 Å². The largest absolute Gasteiger partial charge is 0.330 e. The number of halogens is 1. The van der Waals surface area contributed by atoms with Crippen LogP contribution >= 0.6 is 0 Å². The van der Waals surface area contributed by atoms with E-state index in [-0.39, 0.29) is 11.7 Å². The highest BCUT2D eigenvalue weighted by Crippen LogP contribution is 2.23. The third-order valence-corrected chi connectivity index (χ3v) is 2.22. The molecule has 2 N–H and O–H groups in total. The fraction of sp³-hybridized carbons (Fsp3) is 0.333. The van der Waals surface area contributed by atoms with E-state index in [2.05, 4.69) is 6.58 Å². The Bertz CT molecular complexity index is 320. The molecule has 0 bridgehead atoms. The van der Waals surface area contributed by atoms with Crippen LogP contribution in [0, 0.1) is 5.82 Å². The van der Waals surface area contributed by atoms with Crippen LogP contribution in [0.4, 0.5) is 4.39 Å². The first-order valence-corrected chi connectivity index (χ1v) is 4.74. The summed E-state index contributed by atoms with van der Waals surface area (Å²) in [5.74, 6) is -0.127. The number of rotatable bonds is 4. The lowest BCUT2D eigenvalue weighted by Gasteiger charge is -2.15. The summed E-state index contributed by atoms with van der Waals surface area (Å²) in [7, 11) is 0. The second kappa shape index (κ2) is 4.91. The molecule has 0 amide bonds. The molecule has 0 heterocycles. The molecule has 0 aliphatic carbocycles. The number of hydrogen-bond acceptors (Lipinski definition) is 1. The molecule has 0 aromatic heterocycles. The van der Waals surface area contributed by atoms with Gasteiger partial charge in [0.15, 0.2) is 0 Å². The van der Waals surface area contributed by atoms with Crippen molar-refractivity contribution in [3.63, 3.8) is 0 Å². The summed E-state index contributed by atoms with van der Waals surface area (Å²) in [6.45, 7) is 6.21. The smallest absolute Gasteiger partial charge is 0.126 e. The maximum atomic E-state index is 13.4. The minimum absolute atomic E-state index is 0.0497. The highest BCUT2D eigenvalue weighted by Gasteiger charge is 2.13. The van der Waals surface area contributed by atoms with Crippen LogP contribution < -0.4 is 5.73 Å². The van der Waals surface area contributed by atoms with E-state index in [1.54, 1.807) is 12.1 Å². The Balaban J connectivity index is 2.89. The molecule has 0 saturated carbocycles. The second-order valence-corrected chi connectivity index (χ2v) is 3.62. The molecule has 1 nitrogen and oxygen atoms in total.